The van der Waals surface area contributed by atoms with E-state index < -0.39 is 0 Å². The molecule has 0 bridgehead atoms. The van der Waals surface area contributed by atoms with Crippen molar-refractivity contribution in [3.63, 3.8) is 0 Å². The summed E-state index contributed by atoms with van der Waals surface area (Å²) in [7, 11) is 0. The van der Waals surface area contributed by atoms with Crippen molar-refractivity contribution in [1.82, 2.24) is 20.5 Å². The number of fused-ring (bicyclic) bond motifs is 1. The Morgan fingerprint density at radius 2 is 2.26 bits per heavy atom. The molecule has 5 heteroatoms. The number of pyridine rings is 1. The van der Waals surface area contributed by atoms with Gasteiger partial charge < -0.3 is 5.32 Å². The number of carbonyl (C=O) groups is 1. The summed E-state index contributed by atoms with van der Waals surface area (Å²) in [5, 5.41) is 10.9. The van der Waals surface area contributed by atoms with Gasteiger partial charge in [-0.15, -0.1) is 0 Å². The lowest BCUT2D eigenvalue weighted by atomic mass is 9.85. The molecule has 2 aromatic heterocycles. The van der Waals surface area contributed by atoms with E-state index in [2.05, 4.69) is 20.5 Å². The van der Waals surface area contributed by atoms with Crippen LogP contribution in [-0.2, 0) is 0 Å². The second kappa shape index (κ2) is 4.64. The SMILES string of the molecule is Cc1cc(C(=O)NCC2CCC2)c2c(C)[nH]nc2n1. The summed E-state index contributed by atoms with van der Waals surface area (Å²) in [5.41, 5.74) is 2.99. The number of nitrogens with zero attached hydrogens (tertiary/aromatic N) is 2. The van der Waals surface area contributed by atoms with Crippen LogP contribution in [0.25, 0.3) is 11.0 Å². The quantitative estimate of drug-likeness (QED) is 0.885. The van der Waals surface area contributed by atoms with Crippen LogP contribution in [0.4, 0.5) is 0 Å². The topological polar surface area (TPSA) is 70.7 Å². The standard InChI is InChI=1S/C14H18N4O/c1-8-6-11(12-9(2)17-18-13(12)16-8)14(19)15-7-10-4-3-5-10/h6,10H,3-5,7H2,1-2H3,(H,15,19)(H,16,17,18). The number of rotatable bonds is 3. The lowest BCUT2D eigenvalue weighted by Crippen LogP contribution is -2.32. The van der Waals surface area contributed by atoms with E-state index in [9.17, 15) is 4.79 Å². The molecular weight excluding hydrogens is 240 g/mol. The van der Waals surface area contributed by atoms with Crippen LogP contribution in [0.1, 0.15) is 41.0 Å². The predicted octanol–water partition coefficient (Wildman–Crippen LogP) is 2.10. The Kier molecular flexibility index (Phi) is 2.97. The second-order valence-electron chi connectivity index (χ2n) is 5.37. The Bertz CT molecular complexity index is 628. The van der Waals surface area contributed by atoms with Crippen LogP contribution >= 0.6 is 0 Å². The smallest absolute Gasteiger partial charge is 0.252 e. The van der Waals surface area contributed by atoms with E-state index in [-0.39, 0.29) is 5.91 Å². The summed E-state index contributed by atoms with van der Waals surface area (Å²) in [6.45, 7) is 4.57. The highest BCUT2D eigenvalue weighted by atomic mass is 16.1. The molecule has 0 spiro atoms. The number of aromatic nitrogens is 3. The highest BCUT2D eigenvalue weighted by molar-refractivity contribution is 6.06. The lowest BCUT2D eigenvalue weighted by molar-refractivity contribution is 0.0940. The normalized spacial score (nSPS) is 15.5. The first-order valence-corrected chi connectivity index (χ1v) is 6.75. The summed E-state index contributed by atoms with van der Waals surface area (Å²) in [6.07, 6.45) is 3.76. The highest BCUT2D eigenvalue weighted by Gasteiger charge is 2.20. The van der Waals surface area contributed by atoms with Crippen molar-refractivity contribution in [2.45, 2.75) is 33.1 Å². The van der Waals surface area contributed by atoms with Gasteiger partial charge >= 0.3 is 0 Å². The number of hydrogen-bond donors (Lipinski definition) is 2. The molecule has 2 N–H and O–H groups in total. The number of hydrogen-bond acceptors (Lipinski definition) is 3. The summed E-state index contributed by atoms with van der Waals surface area (Å²) in [5.74, 6) is 0.639. The molecule has 1 aliphatic rings. The van der Waals surface area contributed by atoms with Crippen LogP contribution < -0.4 is 5.32 Å². The van der Waals surface area contributed by atoms with Gasteiger partial charge in [0.25, 0.3) is 5.91 Å². The fourth-order valence-corrected chi connectivity index (χ4v) is 2.51. The van der Waals surface area contributed by atoms with E-state index in [0.29, 0.717) is 17.1 Å². The van der Waals surface area contributed by atoms with Crippen molar-refractivity contribution >= 4 is 16.9 Å². The number of aryl methyl sites for hydroxylation is 2. The lowest BCUT2D eigenvalue weighted by Gasteiger charge is -2.25. The Morgan fingerprint density at radius 3 is 2.95 bits per heavy atom. The molecule has 1 fully saturated rings. The van der Waals surface area contributed by atoms with E-state index in [0.717, 1.165) is 23.3 Å². The molecule has 0 radical (unpaired) electrons. The molecule has 2 aromatic rings. The van der Waals surface area contributed by atoms with Gasteiger partial charge in [-0.3, -0.25) is 9.89 Å². The van der Waals surface area contributed by atoms with E-state index in [4.69, 9.17) is 0 Å². The van der Waals surface area contributed by atoms with Gasteiger partial charge in [0, 0.05) is 17.9 Å². The zero-order valence-corrected chi connectivity index (χ0v) is 11.3. The maximum absolute atomic E-state index is 12.3. The van der Waals surface area contributed by atoms with Crippen LogP contribution in [0.5, 0.6) is 0 Å². The summed E-state index contributed by atoms with van der Waals surface area (Å²) in [4.78, 5) is 16.7. The Morgan fingerprint density at radius 1 is 1.47 bits per heavy atom. The molecule has 5 nitrogen and oxygen atoms in total. The zero-order valence-electron chi connectivity index (χ0n) is 11.3. The van der Waals surface area contributed by atoms with Crippen molar-refractivity contribution in [2.24, 2.45) is 5.92 Å². The number of H-pyrrole nitrogens is 1. The molecule has 0 aliphatic heterocycles. The van der Waals surface area contributed by atoms with Gasteiger partial charge in [-0.2, -0.15) is 5.10 Å². The van der Waals surface area contributed by atoms with Crippen LogP contribution in [0.3, 0.4) is 0 Å². The predicted molar refractivity (Wildman–Crippen MR) is 73.0 cm³/mol. The molecule has 1 saturated carbocycles. The Labute approximate surface area is 111 Å². The van der Waals surface area contributed by atoms with E-state index >= 15 is 0 Å². The molecule has 0 unspecified atom stereocenters. The van der Waals surface area contributed by atoms with E-state index in [1.165, 1.54) is 19.3 Å². The van der Waals surface area contributed by atoms with Gasteiger partial charge in [0.2, 0.25) is 0 Å². The molecule has 1 amide bonds. The van der Waals surface area contributed by atoms with Crippen LogP contribution in [-0.4, -0.2) is 27.6 Å². The molecule has 19 heavy (non-hydrogen) atoms. The highest BCUT2D eigenvalue weighted by Crippen LogP contribution is 2.25. The van der Waals surface area contributed by atoms with Gasteiger partial charge in [0.1, 0.15) is 0 Å². The fourth-order valence-electron chi connectivity index (χ4n) is 2.51. The second-order valence-corrected chi connectivity index (χ2v) is 5.37. The molecular formula is C14H18N4O. The zero-order chi connectivity index (χ0) is 13.4. The van der Waals surface area contributed by atoms with E-state index in [1.807, 2.05) is 19.9 Å². The summed E-state index contributed by atoms with van der Waals surface area (Å²) < 4.78 is 0. The number of amides is 1. The van der Waals surface area contributed by atoms with Crippen LogP contribution in [0.2, 0.25) is 0 Å². The molecule has 2 heterocycles. The summed E-state index contributed by atoms with van der Waals surface area (Å²) in [6, 6.07) is 1.83. The first-order valence-electron chi connectivity index (χ1n) is 6.75. The molecule has 0 saturated heterocycles. The average molecular weight is 258 g/mol. The first kappa shape index (κ1) is 12.1. The number of carbonyl (C=O) groups excluding carboxylic acids is 1. The minimum atomic E-state index is -0.0214. The third kappa shape index (κ3) is 2.20. The molecule has 0 aromatic carbocycles. The van der Waals surface area contributed by atoms with Gasteiger partial charge in [0.15, 0.2) is 5.65 Å². The van der Waals surface area contributed by atoms with Crippen molar-refractivity contribution in [1.29, 1.82) is 0 Å². The summed E-state index contributed by atoms with van der Waals surface area (Å²) >= 11 is 0. The third-order valence-corrected chi connectivity index (χ3v) is 3.85. The maximum atomic E-state index is 12.3. The number of aromatic amines is 1. The largest absolute Gasteiger partial charge is 0.352 e. The van der Waals surface area contributed by atoms with Gasteiger partial charge in [-0.25, -0.2) is 4.98 Å². The Balaban J connectivity index is 1.89. The minimum Gasteiger partial charge on any atom is -0.352 e. The first-order chi connectivity index (χ1) is 9.15. The third-order valence-electron chi connectivity index (χ3n) is 3.85. The van der Waals surface area contributed by atoms with Crippen molar-refractivity contribution < 1.29 is 4.79 Å². The van der Waals surface area contributed by atoms with Gasteiger partial charge in [0.05, 0.1) is 10.9 Å². The molecule has 0 atom stereocenters. The Hall–Kier alpha value is -1.91. The van der Waals surface area contributed by atoms with Crippen LogP contribution in [0, 0.1) is 19.8 Å². The van der Waals surface area contributed by atoms with Gasteiger partial charge in [-0.05, 0) is 38.7 Å². The molecule has 100 valence electrons. The number of nitrogens with one attached hydrogen (secondary N) is 2. The molecule has 3 rings (SSSR count). The van der Waals surface area contributed by atoms with E-state index in [1.54, 1.807) is 0 Å². The monoisotopic (exact) mass is 258 g/mol. The van der Waals surface area contributed by atoms with Crippen molar-refractivity contribution in [2.75, 3.05) is 6.54 Å². The van der Waals surface area contributed by atoms with Gasteiger partial charge in [-0.1, -0.05) is 6.42 Å². The van der Waals surface area contributed by atoms with Crippen molar-refractivity contribution in [3.8, 4) is 0 Å². The maximum Gasteiger partial charge on any atom is 0.252 e. The minimum absolute atomic E-state index is 0.0214. The molecule has 1 aliphatic carbocycles. The van der Waals surface area contributed by atoms with Crippen molar-refractivity contribution in [3.05, 3.63) is 23.0 Å². The fraction of sp³-hybridized carbons (Fsp3) is 0.500. The average Bonchev–Trinajstić information content (AvgIpc) is 2.67. The van der Waals surface area contributed by atoms with Crippen LogP contribution in [0.15, 0.2) is 6.07 Å².